The van der Waals surface area contributed by atoms with Crippen LogP contribution in [0.1, 0.15) is 32.5 Å². The third-order valence-corrected chi connectivity index (χ3v) is 4.71. The van der Waals surface area contributed by atoms with Crippen molar-refractivity contribution >= 4 is 40.0 Å². The predicted molar refractivity (Wildman–Crippen MR) is 84.6 cm³/mol. The summed E-state index contributed by atoms with van der Waals surface area (Å²) in [5.74, 6) is -1.39. The summed E-state index contributed by atoms with van der Waals surface area (Å²) < 4.78 is 0. The van der Waals surface area contributed by atoms with Crippen molar-refractivity contribution in [2.24, 2.45) is 0 Å². The van der Waals surface area contributed by atoms with Gasteiger partial charge in [0, 0.05) is 11.1 Å². The van der Waals surface area contributed by atoms with Crippen LogP contribution < -0.4 is 5.32 Å². The lowest BCUT2D eigenvalue weighted by atomic mass is 10.2. The molecule has 0 aliphatic heterocycles. The largest absolute Gasteiger partial charge is 0.478 e. The zero-order valence-corrected chi connectivity index (χ0v) is 13.2. The Morgan fingerprint density at radius 1 is 1.43 bits per heavy atom. The average Bonchev–Trinajstić information content (AvgIpc) is 2.90. The fraction of sp³-hybridized carbons (Fsp3) is 0.214. The number of anilines is 1. The van der Waals surface area contributed by atoms with Crippen LogP contribution in [-0.2, 0) is 6.42 Å². The van der Waals surface area contributed by atoms with E-state index in [1.807, 2.05) is 13.2 Å². The maximum absolute atomic E-state index is 12.3. The molecule has 2 aromatic heterocycles. The number of carbonyl (C=O) groups is 2. The number of thiophene rings is 1. The van der Waals surface area contributed by atoms with E-state index in [0.717, 1.165) is 11.3 Å². The standard InChI is InChI=1S/C14H14N2O3S2/c1-3-8-7-10(14(18)19)13(21-8)16-11(17)9-5-4-6-15-12(9)20-2/h4-7H,3H2,1-2H3,(H,16,17)(H,18,19). The minimum atomic E-state index is -1.04. The summed E-state index contributed by atoms with van der Waals surface area (Å²) in [6, 6.07) is 4.95. The SMILES string of the molecule is CCc1cc(C(=O)O)c(NC(=O)c2cccnc2SC)s1. The summed E-state index contributed by atoms with van der Waals surface area (Å²) in [5, 5.41) is 12.9. The first-order valence-corrected chi connectivity index (χ1v) is 8.27. The van der Waals surface area contributed by atoms with Crippen LogP contribution in [0.25, 0.3) is 0 Å². The molecule has 0 saturated carbocycles. The Hall–Kier alpha value is -1.86. The van der Waals surface area contributed by atoms with Gasteiger partial charge in [-0.15, -0.1) is 23.1 Å². The minimum absolute atomic E-state index is 0.125. The molecule has 0 spiro atoms. The van der Waals surface area contributed by atoms with E-state index < -0.39 is 5.97 Å². The van der Waals surface area contributed by atoms with Crippen molar-refractivity contribution in [3.05, 3.63) is 40.4 Å². The first-order valence-electron chi connectivity index (χ1n) is 6.23. The van der Waals surface area contributed by atoms with Gasteiger partial charge in [-0.05, 0) is 30.9 Å². The van der Waals surface area contributed by atoms with E-state index in [2.05, 4.69) is 10.3 Å². The normalized spacial score (nSPS) is 10.4. The van der Waals surface area contributed by atoms with Crippen LogP contribution in [0, 0.1) is 0 Å². The zero-order chi connectivity index (χ0) is 15.4. The third kappa shape index (κ3) is 3.43. The summed E-state index contributed by atoms with van der Waals surface area (Å²) in [6.07, 6.45) is 4.18. The molecule has 0 aliphatic carbocycles. The lowest BCUT2D eigenvalue weighted by Crippen LogP contribution is -2.14. The van der Waals surface area contributed by atoms with Crippen LogP contribution in [0.4, 0.5) is 5.00 Å². The van der Waals surface area contributed by atoms with E-state index in [1.165, 1.54) is 23.1 Å². The molecule has 0 atom stereocenters. The topological polar surface area (TPSA) is 79.3 Å². The quantitative estimate of drug-likeness (QED) is 0.825. The van der Waals surface area contributed by atoms with Gasteiger partial charge in [0.25, 0.3) is 5.91 Å². The maximum Gasteiger partial charge on any atom is 0.338 e. The van der Waals surface area contributed by atoms with Crippen molar-refractivity contribution in [2.75, 3.05) is 11.6 Å². The Bertz CT molecular complexity index is 683. The molecule has 0 radical (unpaired) electrons. The van der Waals surface area contributed by atoms with E-state index in [0.29, 0.717) is 15.6 Å². The van der Waals surface area contributed by atoms with Gasteiger partial charge in [-0.2, -0.15) is 0 Å². The number of amides is 1. The maximum atomic E-state index is 12.3. The van der Waals surface area contributed by atoms with E-state index in [9.17, 15) is 14.7 Å². The van der Waals surface area contributed by atoms with Crippen LogP contribution >= 0.6 is 23.1 Å². The van der Waals surface area contributed by atoms with Gasteiger partial charge in [0.05, 0.1) is 11.1 Å². The Morgan fingerprint density at radius 2 is 2.19 bits per heavy atom. The number of nitrogens with one attached hydrogen (secondary N) is 1. The number of pyridine rings is 1. The lowest BCUT2D eigenvalue weighted by molar-refractivity contribution is 0.0698. The highest BCUT2D eigenvalue weighted by Crippen LogP contribution is 2.29. The van der Waals surface area contributed by atoms with E-state index in [4.69, 9.17) is 0 Å². The molecule has 0 unspecified atom stereocenters. The van der Waals surface area contributed by atoms with Gasteiger partial charge in [-0.25, -0.2) is 9.78 Å². The van der Waals surface area contributed by atoms with Crippen LogP contribution in [0.5, 0.6) is 0 Å². The molecule has 0 fully saturated rings. The van der Waals surface area contributed by atoms with E-state index in [1.54, 1.807) is 24.4 Å². The molecule has 2 aromatic rings. The summed E-state index contributed by atoms with van der Waals surface area (Å²) in [7, 11) is 0. The van der Waals surface area contributed by atoms with Crippen molar-refractivity contribution in [3.8, 4) is 0 Å². The lowest BCUT2D eigenvalue weighted by Gasteiger charge is -2.07. The second-order valence-corrected chi connectivity index (χ2v) is 6.06. The third-order valence-electron chi connectivity index (χ3n) is 2.80. The number of aryl methyl sites for hydroxylation is 1. The Balaban J connectivity index is 2.31. The highest BCUT2D eigenvalue weighted by molar-refractivity contribution is 7.98. The zero-order valence-electron chi connectivity index (χ0n) is 11.5. The number of aromatic nitrogens is 1. The van der Waals surface area contributed by atoms with E-state index >= 15 is 0 Å². The molecular weight excluding hydrogens is 308 g/mol. The van der Waals surface area contributed by atoms with Crippen LogP contribution in [0.2, 0.25) is 0 Å². The monoisotopic (exact) mass is 322 g/mol. The molecule has 2 N–H and O–H groups in total. The summed E-state index contributed by atoms with van der Waals surface area (Å²) in [6.45, 7) is 1.94. The van der Waals surface area contributed by atoms with Gasteiger partial charge in [-0.3, -0.25) is 4.79 Å². The first-order chi connectivity index (χ1) is 10.1. The number of carboxylic acid groups (broad SMARTS) is 1. The van der Waals surface area contributed by atoms with Gasteiger partial charge < -0.3 is 10.4 Å². The Labute approximate surface area is 130 Å². The summed E-state index contributed by atoms with van der Waals surface area (Å²) >= 11 is 2.65. The molecule has 2 heterocycles. The van der Waals surface area contributed by atoms with Gasteiger partial charge >= 0.3 is 5.97 Å². The fourth-order valence-electron chi connectivity index (χ4n) is 1.76. The second-order valence-electron chi connectivity index (χ2n) is 4.13. The van der Waals surface area contributed by atoms with Crippen molar-refractivity contribution < 1.29 is 14.7 Å². The van der Waals surface area contributed by atoms with Crippen LogP contribution in [-0.4, -0.2) is 28.2 Å². The highest BCUT2D eigenvalue weighted by atomic mass is 32.2. The number of nitrogens with zero attached hydrogens (tertiary/aromatic N) is 1. The number of aromatic carboxylic acids is 1. The average molecular weight is 322 g/mol. The van der Waals surface area contributed by atoms with Gasteiger partial charge in [0.1, 0.15) is 10.0 Å². The Kier molecular flexibility index (Phi) is 4.98. The minimum Gasteiger partial charge on any atom is -0.478 e. The van der Waals surface area contributed by atoms with Gasteiger partial charge in [0.15, 0.2) is 0 Å². The van der Waals surface area contributed by atoms with Crippen LogP contribution in [0.3, 0.4) is 0 Å². The number of rotatable bonds is 5. The molecular formula is C14H14N2O3S2. The molecule has 0 aliphatic rings. The fourth-order valence-corrected chi connectivity index (χ4v) is 3.29. The van der Waals surface area contributed by atoms with Gasteiger partial charge in [-0.1, -0.05) is 6.92 Å². The molecule has 7 heteroatoms. The number of carbonyl (C=O) groups excluding carboxylic acids is 1. The summed E-state index contributed by atoms with van der Waals surface area (Å²) in [4.78, 5) is 28.6. The predicted octanol–water partition coefficient (Wildman–Crippen LogP) is 3.38. The molecule has 1 amide bonds. The smallest absolute Gasteiger partial charge is 0.338 e. The van der Waals surface area contributed by atoms with Crippen molar-refractivity contribution in [1.29, 1.82) is 0 Å². The molecule has 2 rings (SSSR count). The number of thioether (sulfide) groups is 1. The molecule has 21 heavy (non-hydrogen) atoms. The van der Waals surface area contributed by atoms with Crippen molar-refractivity contribution in [3.63, 3.8) is 0 Å². The Morgan fingerprint density at radius 3 is 2.81 bits per heavy atom. The molecule has 0 aromatic carbocycles. The van der Waals surface area contributed by atoms with Gasteiger partial charge in [0.2, 0.25) is 0 Å². The first kappa shape index (κ1) is 15.5. The van der Waals surface area contributed by atoms with Crippen molar-refractivity contribution in [2.45, 2.75) is 18.4 Å². The molecule has 110 valence electrons. The van der Waals surface area contributed by atoms with Crippen LogP contribution in [0.15, 0.2) is 29.4 Å². The van der Waals surface area contributed by atoms with Crippen molar-refractivity contribution in [1.82, 2.24) is 4.98 Å². The highest BCUT2D eigenvalue weighted by Gasteiger charge is 2.19. The molecule has 5 nitrogen and oxygen atoms in total. The number of carboxylic acids is 1. The summed E-state index contributed by atoms with van der Waals surface area (Å²) in [5.41, 5.74) is 0.563. The molecule has 0 saturated heterocycles. The van der Waals surface area contributed by atoms with E-state index in [-0.39, 0.29) is 11.5 Å². The number of hydrogen-bond donors (Lipinski definition) is 2. The second kappa shape index (κ2) is 6.73. The molecule has 0 bridgehead atoms. The number of hydrogen-bond acceptors (Lipinski definition) is 5.